The van der Waals surface area contributed by atoms with Crippen LogP contribution >= 0.6 is 0 Å². The Morgan fingerprint density at radius 2 is 1.43 bits per heavy atom. The summed E-state index contributed by atoms with van der Waals surface area (Å²) in [5, 5.41) is 10.8. The molecule has 11 heteroatoms. The fourth-order valence-electron chi connectivity index (χ4n) is 8.00. The van der Waals surface area contributed by atoms with E-state index in [0.29, 0.717) is 57.3 Å². The molecule has 0 spiro atoms. The summed E-state index contributed by atoms with van der Waals surface area (Å²) in [6.07, 6.45) is 6.75. The summed E-state index contributed by atoms with van der Waals surface area (Å²) in [5.74, 6) is -0.378. The molecule has 0 unspecified atom stereocenters. The van der Waals surface area contributed by atoms with Gasteiger partial charge >= 0.3 is 12.1 Å². The van der Waals surface area contributed by atoms with Gasteiger partial charge in [0.05, 0.1) is 6.42 Å². The molecular weight excluding hydrogens is 618 g/mol. The Morgan fingerprint density at radius 1 is 0.755 bits per heavy atom. The highest BCUT2D eigenvalue weighted by molar-refractivity contribution is 5.97. The number of piperidine rings is 3. The highest BCUT2D eigenvalue weighted by Gasteiger charge is 2.36. The number of urea groups is 2. The van der Waals surface area contributed by atoms with Crippen molar-refractivity contribution >= 4 is 46.0 Å². The number of nitrogens with zero attached hydrogens (tertiary/aromatic N) is 4. The summed E-state index contributed by atoms with van der Waals surface area (Å²) in [5.41, 5.74) is 2.54. The van der Waals surface area contributed by atoms with Gasteiger partial charge in [0.1, 0.15) is 6.04 Å². The van der Waals surface area contributed by atoms with Crippen LogP contribution in [0, 0.1) is 0 Å². The zero-order chi connectivity index (χ0) is 33.7. The Balaban J connectivity index is 0.987. The SMILES string of the molecule is O=C(Nc1ccc2ccccc2c1)N[C@@H](CC(=O)N1CCC(N2Cc3ccccc3NC2=O)CC1)C(=O)N1CCC(N2CCCCC2)CC1. The Labute approximate surface area is 288 Å². The van der Waals surface area contributed by atoms with Crippen molar-refractivity contribution in [3.8, 4) is 0 Å². The number of amides is 6. The van der Waals surface area contributed by atoms with Crippen LogP contribution in [0.4, 0.5) is 21.0 Å². The molecule has 1 atom stereocenters. The van der Waals surface area contributed by atoms with Crippen LogP contribution in [0.3, 0.4) is 0 Å². The minimum absolute atomic E-state index is 0.0156. The first-order valence-corrected chi connectivity index (χ1v) is 17.9. The first-order chi connectivity index (χ1) is 23.9. The highest BCUT2D eigenvalue weighted by Crippen LogP contribution is 2.28. The predicted molar refractivity (Wildman–Crippen MR) is 190 cm³/mol. The van der Waals surface area contributed by atoms with Crippen molar-refractivity contribution < 1.29 is 19.2 Å². The number of rotatable bonds is 7. The van der Waals surface area contributed by atoms with Gasteiger partial charge in [0, 0.05) is 56.2 Å². The molecule has 3 fully saturated rings. The summed E-state index contributed by atoms with van der Waals surface area (Å²) in [6.45, 7) is 5.00. The van der Waals surface area contributed by atoms with Crippen molar-refractivity contribution in [2.24, 2.45) is 0 Å². The van der Waals surface area contributed by atoms with Crippen LogP contribution in [-0.2, 0) is 16.1 Å². The van der Waals surface area contributed by atoms with E-state index in [1.54, 1.807) is 4.90 Å². The van der Waals surface area contributed by atoms with Crippen LogP contribution in [0.2, 0.25) is 0 Å². The lowest BCUT2D eigenvalue weighted by molar-refractivity contribution is -0.140. The maximum atomic E-state index is 14.0. The van der Waals surface area contributed by atoms with E-state index in [4.69, 9.17) is 0 Å². The molecule has 3 N–H and O–H groups in total. The summed E-state index contributed by atoms with van der Waals surface area (Å²) < 4.78 is 0. The number of fused-ring (bicyclic) bond motifs is 2. The van der Waals surface area contributed by atoms with Gasteiger partial charge in [-0.1, -0.05) is 55.0 Å². The summed E-state index contributed by atoms with van der Waals surface area (Å²) in [7, 11) is 0. The normalized spacial score (nSPS) is 20.0. The molecule has 0 radical (unpaired) electrons. The zero-order valence-corrected chi connectivity index (χ0v) is 28.1. The minimum atomic E-state index is -0.985. The van der Waals surface area contributed by atoms with E-state index in [-0.39, 0.29) is 30.3 Å². The summed E-state index contributed by atoms with van der Waals surface area (Å²) in [4.78, 5) is 62.0. The molecule has 4 heterocycles. The molecule has 3 aromatic rings. The van der Waals surface area contributed by atoms with E-state index in [9.17, 15) is 19.2 Å². The van der Waals surface area contributed by atoms with Crippen molar-refractivity contribution in [1.82, 2.24) is 24.9 Å². The van der Waals surface area contributed by atoms with Crippen LogP contribution in [0.25, 0.3) is 10.8 Å². The average molecular weight is 666 g/mol. The maximum absolute atomic E-state index is 14.0. The van der Waals surface area contributed by atoms with Crippen molar-refractivity contribution in [1.29, 1.82) is 0 Å². The number of carbonyl (C=O) groups is 4. The second-order valence-corrected chi connectivity index (χ2v) is 13.9. The molecule has 7 rings (SSSR count). The van der Waals surface area contributed by atoms with Crippen LogP contribution < -0.4 is 16.0 Å². The highest BCUT2D eigenvalue weighted by atomic mass is 16.2. The molecular formula is C38H47N7O4. The molecule has 3 saturated heterocycles. The standard InChI is InChI=1S/C38H47N7O4/c46-35(43-20-16-32(17-21-43)45-26-29-10-4-5-11-33(29)41-38(45)49)25-34(36(47)44-22-14-31(15-23-44)42-18-6-1-7-19-42)40-37(48)39-30-13-12-27-8-2-3-9-28(27)24-30/h2-5,8-13,24,31-32,34H,1,6-7,14-23,25-26H2,(H,41,49)(H2,39,40,48)/t34-/m0/s1. The molecule has 0 aromatic heterocycles. The van der Waals surface area contributed by atoms with Gasteiger partial charge in [0.15, 0.2) is 0 Å². The predicted octanol–water partition coefficient (Wildman–Crippen LogP) is 5.24. The molecule has 0 bridgehead atoms. The Morgan fingerprint density at radius 3 is 2.20 bits per heavy atom. The lowest BCUT2D eigenvalue weighted by Crippen LogP contribution is -2.56. The van der Waals surface area contributed by atoms with Gasteiger partial charge in [-0.3, -0.25) is 9.59 Å². The fourth-order valence-corrected chi connectivity index (χ4v) is 8.00. The van der Waals surface area contributed by atoms with E-state index in [0.717, 1.165) is 48.0 Å². The van der Waals surface area contributed by atoms with Crippen molar-refractivity contribution in [2.75, 3.05) is 49.9 Å². The van der Waals surface area contributed by atoms with Crippen molar-refractivity contribution in [3.05, 3.63) is 72.3 Å². The van der Waals surface area contributed by atoms with E-state index in [1.165, 1.54) is 19.3 Å². The maximum Gasteiger partial charge on any atom is 0.322 e. The van der Waals surface area contributed by atoms with Crippen LogP contribution in [0.15, 0.2) is 66.7 Å². The molecule has 11 nitrogen and oxygen atoms in total. The molecule has 4 aliphatic rings. The largest absolute Gasteiger partial charge is 0.342 e. The first-order valence-electron chi connectivity index (χ1n) is 17.9. The molecule has 0 aliphatic carbocycles. The van der Waals surface area contributed by atoms with Crippen molar-refractivity contribution in [3.63, 3.8) is 0 Å². The van der Waals surface area contributed by atoms with Crippen LogP contribution in [0.5, 0.6) is 0 Å². The van der Waals surface area contributed by atoms with Gasteiger partial charge in [0.2, 0.25) is 11.8 Å². The van der Waals surface area contributed by atoms with E-state index >= 15 is 0 Å². The second-order valence-electron chi connectivity index (χ2n) is 13.9. The van der Waals surface area contributed by atoms with Crippen LogP contribution in [-0.4, -0.2) is 101 Å². The topological polar surface area (TPSA) is 117 Å². The number of nitrogens with one attached hydrogen (secondary N) is 3. The van der Waals surface area contributed by atoms with Gasteiger partial charge in [-0.25, -0.2) is 9.59 Å². The smallest absolute Gasteiger partial charge is 0.322 e. The molecule has 4 aliphatic heterocycles. The third-order valence-electron chi connectivity index (χ3n) is 10.8. The van der Waals surface area contributed by atoms with E-state index in [2.05, 4.69) is 20.9 Å². The van der Waals surface area contributed by atoms with Crippen molar-refractivity contribution in [2.45, 2.75) is 76.0 Å². The quantitative estimate of drug-likeness (QED) is 0.320. The first kappa shape index (κ1) is 32.9. The summed E-state index contributed by atoms with van der Waals surface area (Å²) >= 11 is 0. The average Bonchev–Trinajstić information content (AvgIpc) is 3.14. The zero-order valence-electron chi connectivity index (χ0n) is 28.1. The van der Waals surface area contributed by atoms with Gasteiger partial charge in [-0.15, -0.1) is 0 Å². The molecule has 0 saturated carbocycles. The van der Waals surface area contributed by atoms with E-state index in [1.807, 2.05) is 76.5 Å². The Kier molecular flexibility index (Phi) is 9.97. The molecule has 258 valence electrons. The lowest BCUT2D eigenvalue weighted by Gasteiger charge is -2.41. The van der Waals surface area contributed by atoms with Gasteiger partial charge in [0.25, 0.3) is 0 Å². The number of hydrogen-bond acceptors (Lipinski definition) is 5. The van der Waals surface area contributed by atoms with Gasteiger partial charge < -0.3 is 35.6 Å². The molecule has 6 amide bonds. The number of benzene rings is 3. The van der Waals surface area contributed by atoms with E-state index < -0.39 is 12.1 Å². The number of hydrogen-bond donors (Lipinski definition) is 3. The minimum Gasteiger partial charge on any atom is -0.342 e. The van der Waals surface area contributed by atoms with Gasteiger partial charge in [-0.2, -0.15) is 0 Å². The molecule has 49 heavy (non-hydrogen) atoms. The Bertz CT molecular complexity index is 1680. The molecule has 3 aromatic carbocycles. The third-order valence-corrected chi connectivity index (χ3v) is 10.8. The van der Waals surface area contributed by atoms with Gasteiger partial charge in [-0.05, 0) is 86.1 Å². The monoisotopic (exact) mass is 665 g/mol. The fraction of sp³-hybridized carbons (Fsp3) is 0.474. The number of likely N-dealkylation sites (tertiary alicyclic amines) is 3. The number of carbonyl (C=O) groups excluding carboxylic acids is 4. The van der Waals surface area contributed by atoms with Crippen LogP contribution in [0.1, 0.15) is 56.9 Å². The summed E-state index contributed by atoms with van der Waals surface area (Å²) in [6, 6.07) is 20.3. The number of anilines is 2. The second kappa shape index (κ2) is 14.9. The third kappa shape index (κ3) is 7.67. The number of para-hydroxylation sites is 1. The Hall–Kier alpha value is -4.64. The lowest BCUT2D eigenvalue weighted by atomic mass is 9.98.